The lowest BCUT2D eigenvalue weighted by molar-refractivity contribution is 0.0529. The van der Waals surface area contributed by atoms with Crippen LogP contribution in [0, 0.1) is 12.8 Å². The molecule has 4 rings (SSSR count). The van der Waals surface area contributed by atoms with E-state index in [-0.39, 0.29) is 12.3 Å². The minimum absolute atomic E-state index is 0.125. The van der Waals surface area contributed by atoms with Gasteiger partial charge in [-0.1, -0.05) is 85.3 Å². The number of nitrogens with zero attached hydrogens (tertiary/aromatic N) is 2. The van der Waals surface area contributed by atoms with Crippen LogP contribution in [0.1, 0.15) is 35.0 Å². The molecule has 0 bridgehead atoms. The summed E-state index contributed by atoms with van der Waals surface area (Å²) in [4.78, 5) is 21.6. The van der Waals surface area contributed by atoms with Gasteiger partial charge in [-0.25, -0.2) is 14.8 Å². The van der Waals surface area contributed by atoms with E-state index in [2.05, 4.69) is 29.0 Å². The molecule has 0 radical (unpaired) electrons. The lowest BCUT2D eigenvalue weighted by Crippen LogP contribution is -2.14. The van der Waals surface area contributed by atoms with Gasteiger partial charge in [-0.3, -0.25) is 0 Å². The van der Waals surface area contributed by atoms with Crippen molar-refractivity contribution in [1.82, 2.24) is 9.97 Å². The van der Waals surface area contributed by atoms with Gasteiger partial charge >= 0.3 is 5.97 Å². The largest absolute Gasteiger partial charge is 0.484 e. The summed E-state index contributed by atoms with van der Waals surface area (Å²) in [5, 5.41) is 0. The Labute approximate surface area is 188 Å². The highest BCUT2D eigenvalue weighted by atomic mass is 16.5. The van der Waals surface area contributed by atoms with Crippen LogP contribution < -0.4 is 4.74 Å². The molecule has 162 valence electrons. The second-order valence-electron chi connectivity index (χ2n) is 7.97. The maximum atomic E-state index is 13.0. The fourth-order valence-electron chi connectivity index (χ4n) is 3.54. The van der Waals surface area contributed by atoms with Crippen molar-refractivity contribution in [2.75, 3.05) is 6.61 Å². The summed E-state index contributed by atoms with van der Waals surface area (Å²) in [6.45, 7) is 4.65. The van der Waals surface area contributed by atoms with Crippen LogP contribution in [0.4, 0.5) is 0 Å². The third kappa shape index (κ3) is 5.30. The summed E-state index contributed by atoms with van der Waals surface area (Å²) in [5.74, 6) is 0.230. The van der Waals surface area contributed by atoms with Crippen LogP contribution in [0.3, 0.4) is 0 Å². The van der Waals surface area contributed by atoms with Gasteiger partial charge in [-0.05, 0) is 30.4 Å². The van der Waals surface area contributed by atoms with Gasteiger partial charge in [0.15, 0.2) is 11.4 Å². The van der Waals surface area contributed by atoms with Gasteiger partial charge in [-0.15, -0.1) is 0 Å². The summed E-state index contributed by atoms with van der Waals surface area (Å²) in [7, 11) is 0. The first-order chi connectivity index (χ1) is 15.6. The number of hydrogen-bond acceptors (Lipinski definition) is 5. The van der Waals surface area contributed by atoms with Gasteiger partial charge < -0.3 is 9.47 Å². The third-order valence-electron chi connectivity index (χ3n) is 5.26. The van der Waals surface area contributed by atoms with Crippen molar-refractivity contribution in [3.8, 4) is 17.0 Å². The van der Waals surface area contributed by atoms with E-state index >= 15 is 0 Å². The standard InChI is InChI=1S/C27H26N2O3/c1-19-11-13-23(14-12-19)24-26(31-16-21-8-4-3-5-9-21)25(29-18-28-24)27(30)32-17-22-10-6-7-20(2)15-22/h3-6,8-15,18,20H,7,16-17H2,1-2H3. The van der Waals surface area contributed by atoms with E-state index in [0.717, 1.165) is 28.7 Å². The fourth-order valence-corrected chi connectivity index (χ4v) is 3.54. The molecule has 0 fully saturated rings. The highest BCUT2D eigenvalue weighted by Gasteiger charge is 2.22. The maximum absolute atomic E-state index is 13.0. The van der Waals surface area contributed by atoms with Gasteiger partial charge in [0, 0.05) is 5.56 Å². The van der Waals surface area contributed by atoms with Gasteiger partial charge in [0.1, 0.15) is 25.2 Å². The maximum Gasteiger partial charge on any atom is 0.361 e. The number of allylic oxidation sites excluding steroid dienone is 2. The van der Waals surface area contributed by atoms with Crippen molar-refractivity contribution < 1.29 is 14.3 Å². The van der Waals surface area contributed by atoms with E-state index in [4.69, 9.17) is 9.47 Å². The zero-order valence-corrected chi connectivity index (χ0v) is 18.3. The lowest BCUT2D eigenvalue weighted by atomic mass is 9.98. The second-order valence-corrected chi connectivity index (χ2v) is 7.97. The molecule has 0 aliphatic heterocycles. The van der Waals surface area contributed by atoms with Gasteiger partial charge in [0.05, 0.1) is 0 Å². The molecule has 0 saturated heterocycles. The number of carbonyl (C=O) groups is 1. The molecule has 1 aliphatic carbocycles. The van der Waals surface area contributed by atoms with E-state index < -0.39 is 5.97 Å². The van der Waals surface area contributed by atoms with E-state index in [0.29, 0.717) is 24.0 Å². The smallest absolute Gasteiger partial charge is 0.361 e. The van der Waals surface area contributed by atoms with Crippen molar-refractivity contribution in [2.45, 2.75) is 26.9 Å². The Morgan fingerprint density at radius 1 is 1.03 bits per heavy atom. The molecule has 0 spiro atoms. The highest BCUT2D eigenvalue weighted by Crippen LogP contribution is 2.31. The van der Waals surface area contributed by atoms with Crippen molar-refractivity contribution in [1.29, 1.82) is 0 Å². The van der Waals surface area contributed by atoms with E-state index in [1.54, 1.807) is 0 Å². The minimum Gasteiger partial charge on any atom is -0.484 e. The van der Waals surface area contributed by atoms with Gasteiger partial charge in [-0.2, -0.15) is 0 Å². The van der Waals surface area contributed by atoms with Crippen LogP contribution in [0.15, 0.2) is 84.7 Å². The van der Waals surface area contributed by atoms with E-state index in [1.165, 1.54) is 6.33 Å². The molecule has 3 aromatic rings. The van der Waals surface area contributed by atoms with Crippen LogP contribution in [0.25, 0.3) is 11.3 Å². The Kier molecular flexibility index (Phi) is 6.75. The quantitative estimate of drug-likeness (QED) is 0.453. The molecule has 0 amide bonds. The predicted molar refractivity (Wildman–Crippen MR) is 124 cm³/mol. The molecule has 2 aromatic carbocycles. The zero-order valence-electron chi connectivity index (χ0n) is 18.3. The molecule has 5 heteroatoms. The Morgan fingerprint density at radius 3 is 2.56 bits per heavy atom. The number of benzene rings is 2. The molecule has 5 nitrogen and oxygen atoms in total. The van der Waals surface area contributed by atoms with E-state index in [9.17, 15) is 4.79 Å². The molecule has 1 unspecified atom stereocenters. The van der Waals surface area contributed by atoms with E-state index in [1.807, 2.05) is 67.6 Å². The SMILES string of the molecule is Cc1ccc(-c2ncnc(C(=O)OCC3=CC(C)CC=C3)c2OCc2ccccc2)cc1. The number of carbonyl (C=O) groups excluding carboxylic acids is 1. The summed E-state index contributed by atoms with van der Waals surface area (Å²) in [6, 6.07) is 17.7. The van der Waals surface area contributed by atoms with Gasteiger partial charge in [0.2, 0.25) is 0 Å². The Balaban J connectivity index is 1.62. The number of aryl methyl sites for hydroxylation is 1. The van der Waals surface area contributed by atoms with Crippen LogP contribution in [-0.4, -0.2) is 22.5 Å². The molecule has 1 heterocycles. The van der Waals surface area contributed by atoms with Crippen LogP contribution >= 0.6 is 0 Å². The predicted octanol–water partition coefficient (Wildman–Crippen LogP) is 5.71. The first kappa shape index (κ1) is 21.5. The molecule has 1 atom stereocenters. The highest BCUT2D eigenvalue weighted by molar-refractivity contribution is 5.93. The topological polar surface area (TPSA) is 61.3 Å². The average Bonchev–Trinajstić information content (AvgIpc) is 2.82. The van der Waals surface area contributed by atoms with Crippen LogP contribution in [0.2, 0.25) is 0 Å². The fraction of sp³-hybridized carbons (Fsp3) is 0.222. The first-order valence-electron chi connectivity index (χ1n) is 10.7. The normalized spacial score (nSPS) is 15.2. The molecule has 1 aromatic heterocycles. The van der Waals surface area contributed by atoms with Crippen molar-refractivity contribution in [3.63, 3.8) is 0 Å². The summed E-state index contributed by atoms with van der Waals surface area (Å²) >= 11 is 0. The molecule has 0 saturated carbocycles. The number of rotatable bonds is 7. The number of esters is 1. The van der Waals surface area contributed by atoms with Gasteiger partial charge in [0.25, 0.3) is 0 Å². The molecular formula is C27H26N2O3. The zero-order chi connectivity index (χ0) is 22.3. The number of aromatic nitrogens is 2. The average molecular weight is 427 g/mol. The molecular weight excluding hydrogens is 400 g/mol. The summed E-state index contributed by atoms with van der Waals surface area (Å²) in [6.07, 6.45) is 8.60. The Bertz CT molecular complexity index is 1140. The molecule has 0 N–H and O–H groups in total. The van der Waals surface area contributed by atoms with Crippen molar-refractivity contribution in [3.05, 3.63) is 102 Å². The first-order valence-corrected chi connectivity index (χ1v) is 10.7. The Hall–Kier alpha value is -3.73. The minimum atomic E-state index is -0.531. The molecule has 1 aliphatic rings. The Morgan fingerprint density at radius 2 is 1.81 bits per heavy atom. The van der Waals surface area contributed by atoms with Crippen molar-refractivity contribution >= 4 is 5.97 Å². The number of hydrogen-bond donors (Lipinski definition) is 0. The van der Waals surface area contributed by atoms with Crippen LogP contribution in [0.5, 0.6) is 5.75 Å². The van der Waals surface area contributed by atoms with Crippen LogP contribution in [-0.2, 0) is 11.3 Å². The molecule has 32 heavy (non-hydrogen) atoms. The summed E-state index contributed by atoms with van der Waals surface area (Å²) < 4.78 is 11.7. The lowest BCUT2D eigenvalue weighted by Gasteiger charge is -2.15. The summed E-state index contributed by atoms with van der Waals surface area (Å²) in [5.41, 5.74) is 4.64. The monoisotopic (exact) mass is 426 g/mol. The second kappa shape index (κ2) is 10.1. The van der Waals surface area contributed by atoms with Crippen molar-refractivity contribution in [2.24, 2.45) is 5.92 Å². The number of ether oxygens (including phenoxy) is 2. The third-order valence-corrected chi connectivity index (χ3v) is 5.26.